The molecule has 0 spiro atoms. The van der Waals surface area contributed by atoms with Gasteiger partial charge in [0.25, 0.3) is 0 Å². The number of piperidine rings is 1. The minimum absolute atomic E-state index is 0.233. The Morgan fingerprint density at radius 2 is 1.96 bits per heavy atom. The van der Waals surface area contributed by atoms with Crippen LogP contribution < -0.4 is 10.6 Å². The smallest absolute Gasteiger partial charge is 0.120 e. The van der Waals surface area contributed by atoms with E-state index in [4.69, 9.17) is 4.74 Å². The molecule has 2 fully saturated rings. The molecule has 1 unspecified atom stereocenters. The number of hydrogen-bond acceptors (Lipinski definition) is 7. The second-order valence-electron chi connectivity index (χ2n) is 8.47. The molecule has 0 amide bonds. The van der Waals surface area contributed by atoms with Crippen LogP contribution in [0.2, 0.25) is 0 Å². The van der Waals surface area contributed by atoms with Crippen LogP contribution in [0.1, 0.15) is 33.6 Å². The maximum atomic E-state index is 10.3. The van der Waals surface area contributed by atoms with Gasteiger partial charge in [-0.1, -0.05) is 0 Å². The number of likely N-dealkylation sites (tertiary alicyclic amines) is 1. The molecule has 2 saturated heterocycles. The summed E-state index contributed by atoms with van der Waals surface area (Å²) in [7, 11) is 1.96. The Morgan fingerprint density at radius 1 is 1.30 bits per heavy atom. The minimum atomic E-state index is -0.571. The van der Waals surface area contributed by atoms with Gasteiger partial charge in [0.15, 0.2) is 0 Å². The molecular weight excluding hydrogens is 342 g/mol. The van der Waals surface area contributed by atoms with Crippen LogP contribution in [0.5, 0.6) is 0 Å². The van der Waals surface area contributed by atoms with Crippen molar-refractivity contribution in [3.05, 3.63) is 23.9 Å². The average Bonchev–Trinajstić information content (AvgIpc) is 3.03. The van der Waals surface area contributed by atoms with E-state index < -0.39 is 5.60 Å². The summed E-state index contributed by atoms with van der Waals surface area (Å²) < 4.78 is 5.48. The molecule has 0 bridgehead atoms. The third-order valence-corrected chi connectivity index (χ3v) is 6.00. The molecule has 154 valence electrons. The summed E-state index contributed by atoms with van der Waals surface area (Å²) >= 11 is 0. The first-order valence-electron chi connectivity index (χ1n) is 10.3. The molecule has 0 aliphatic carbocycles. The number of aliphatic hydroxyl groups is 1. The topological polar surface area (TPSA) is 63.2 Å². The highest BCUT2D eigenvalue weighted by Gasteiger charge is 2.32. The predicted octanol–water partition coefficient (Wildman–Crippen LogP) is 0.912. The van der Waals surface area contributed by atoms with E-state index in [-0.39, 0.29) is 6.17 Å². The first kappa shape index (κ1) is 20.3. The van der Waals surface area contributed by atoms with Crippen molar-refractivity contribution in [2.24, 2.45) is 5.92 Å². The highest BCUT2D eigenvalue weighted by molar-refractivity contribution is 5.17. The van der Waals surface area contributed by atoms with Gasteiger partial charge < -0.3 is 30.3 Å². The Kier molecular flexibility index (Phi) is 6.55. The lowest BCUT2D eigenvalue weighted by Gasteiger charge is -2.39. The zero-order chi connectivity index (χ0) is 19.4. The largest absolute Gasteiger partial charge is 0.393 e. The van der Waals surface area contributed by atoms with Crippen LogP contribution in [0.25, 0.3) is 0 Å². The van der Waals surface area contributed by atoms with E-state index in [9.17, 15) is 5.11 Å². The second-order valence-corrected chi connectivity index (χ2v) is 8.47. The zero-order valence-electron chi connectivity index (χ0n) is 17.4. The van der Waals surface area contributed by atoms with Crippen molar-refractivity contribution in [2.45, 2.75) is 45.4 Å². The molecule has 0 aromatic heterocycles. The number of nitrogens with one attached hydrogen (secondary N) is 2. The van der Waals surface area contributed by atoms with Crippen LogP contribution in [0, 0.1) is 5.92 Å². The van der Waals surface area contributed by atoms with Gasteiger partial charge in [0.1, 0.15) is 12.0 Å². The van der Waals surface area contributed by atoms with Gasteiger partial charge in [0.05, 0.1) is 18.8 Å². The summed E-state index contributed by atoms with van der Waals surface area (Å²) in [6.07, 6.45) is 6.69. The summed E-state index contributed by atoms with van der Waals surface area (Å²) in [6.45, 7) is 12.5. The Balaban J connectivity index is 1.62. The molecule has 3 N–H and O–H groups in total. The van der Waals surface area contributed by atoms with Gasteiger partial charge in [-0.3, -0.25) is 4.90 Å². The normalized spacial score (nSPS) is 26.2. The Hall–Kier alpha value is -1.44. The molecule has 27 heavy (non-hydrogen) atoms. The van der Waals surface area contributed by atoms with Crippen LogP contribution in [0.3, 0.4) is 0 Å². The Labute approximate surface area is 164 Å². The van der Waals surface area contributed by atoms with E-state index in [0.717, 1.165) is 58.8 Å². The molecule has 0 aromatic carbocycles. The number of rotatable bonds is 6. The van der Waals surface area contributed by atoms with E-state index in [1.54, 1.807) is 0 Å². The summed E-state index contributed by atoms with van der Waals surface area (Å²) in [5.74, 6) is 1.58. The molecule has 3 rings (SSSR count). The quantitative estimate of drug-likeness (QED) is 0.634. The number of hydrogen-bond donors (Lipinski definition) is 3. The number of nitrogens with zero attached hydrogens (tertiary/aromatic N) is 3. The van der Waals surface area contributed by atoms with Gasteiger partial charge in [-0.25, -0.2) is 0 Å². The molecule has 1 atom stereocenters. The van der Waals surface area contributed by atoms with Crippen LogP contribution in [0.15, 0.2) is 23.9 Å². The van der Waals surface area contributed by atoms with Crippen LogP contribution in [-0.2, 0) is 4.74 Å². The third kappa shape index (κ3) is 5.09. The fraction of sp³-hybridized carbons (Fsp3) is 0.800. The first-order valence-corrected chi connectivity index (χ1v) is 10.3. The van der Waals surface area contributed by atoms with Crippen LogP contribution in [0.4, 0.5) is 0 Å². The molecule has 0 saturated carbocycles. The standard InChI is InChI=1S/C20H37N5O2/c1-16-22-19(24-9-11-27-12-10-24)15-25(16)18(13-21-4)14-23-7-5-17(6-8-23)20(2,3)26/h13,15-17,21-22,26H,5-12,14H2,1-4H3/b18-13-. The van der Waals surface area contributed by atoms with Crippen molar-refractivity contribution in [1.82, 2.24) is 25.3 Å². The third-order valence-electron chi connectivity index (χ3n) is 6.00. The van der Waals surface area contributed by atoms with Gasteiger partial charge in [-0.05, 0) is 52.6 Å². The van der Waals surface area contributed by atoms with Gasteiger partial charge in [0.2, 0.25) is 0 Å². The van der Waals surface area contributed by atoms with E-state index in [0.29, 0.717) is 5.92 Å². The summed E-state index contributed by atoms with van der Waals surface area (Å²) in [5, 5.41) is 17.1. The molecule has 3 aliphatic rings. The number of morpholine rings is 1. The maximum absolute atomic E-state index is 10.3. The van der Waals surface area contributed by atoms with Gasteiger partial charge in [-0.2, -0.15) is 0 Å². The van der Waals surface area contributed by atoms with Crippen molar-refractivity contribution in [1.29, 1.82) is 0 Å². The molecule has 3 aliphatic heterocycles. The predicted molar refractivity (Wildman–Crippen MR) is 108 cm³/mol. The van der Waals surface area contributed by atoms with Crippen molar-refractivity contribution in [2.75, 3.05) is 53.0 Å². The van der Waals surface area contributed by atoms with Crippen LogP contribution in [-0.4, -0.2) is 84.6 Å². The van der Waals surface area contributed by atoms with Crippen LogP contribution >= 0.6 is 0 Å². The molecule has 3 heterocycles. The summed E-state index contributed by atoms with van der Waals surface area (Å²) in [4.78, 5) is 7.20. The summed E-state index contributed by atoms with van der Waals surface area (Å²) in [5.41, 5.74) is 0.696. The lowest BCUT2D eigenvalue weighted by Crippen LogP contribution is -2.44. The lowest BCUT2D eigenvalue weighted by molar-refractivity contribution is -0.0119. The molecule has 7 nitrogen and oxygen atoms in total. The lowest BCUT2D eigenvalue weighted by atomic mass is 9.83. The molecular formula is C20H37N5O2. The molecule has 7 heteroatoms. The SMILES string of the molecule is CN/C=C(/CN1CCC(C(C)(C)O)CC1)N1C=C(N2CCOCC2)NC1C. The van der Waals surface area contributed by atoms with Gasteiger partial charge >= 0.3 is 0 Å². The fourth-order valence-corrected chi connectivity index (χ4v) is 4.27. The van der Waals surface area contributed by atoms with Gasteiger partial charge in [0, 0.05) is 44.8 Å². The van der Waals surface area contributed by atoms with Crippen molar-refractivity contribution in [3.63, 3.8) is 0 Å². The van der Waals surface area contributed by atoms with Gasteiger partial charge in [-0.15, -0.1) is 0 Å². The van der Waals surface area contributed by atoms with Crippen molar-refractivity contribution in [3.8, 4) is 0 Å². The second kappa shape index (κ2) is 8.71. The Bertz CT molecular complexity index is 543. The highest BCUT2D eigenvalue weighted by atomic mass is 16.5. The summed E-state index contributed by atoms with van der Waals surface area (Å²) in [6, 6.07) is 0. The molecule has 0 aromatic rings. The zero-order valence-corrected chi connectivity index (χ0v) is 17.4. The van der Waals surface area contributed by atoms with E-state index in [1.807, 2.05) is 20.9 Å². The number of ether oxygens (including phenoxy) is 1. The monoisotopic (exact) mass is 379 g/mol. The first-order chi connectivity index (χ1) is 12.9. The van der Waals surface area contributed by atoms with E-state index >= 15 is 0 Å². The Morgan fingerprint density at radius 3 is 2.56 bits per heavy atom. The maximum Gasteiger partial charge on any atom is 0.120 e. The van der Waals surface area contributed by atoms with Crippen molar-refractivity contribution >= 4 is 0 Å². The van der Waals surface area contributed by atoms with Crippen molar-refractivity contribution < 1.29 is 9.84 Å². The van der Waals surface area contributed by atoms with E-state index in [1.165, 1.54) is 11.5 Å². The molecule has 0 radical (unpaired) electrons. The highest BCUT2D eigenvalue weighted by Crippen LogP contribution is 2.29. The average molecular weight is 380 g/mol. The minimum Gasteiger partial charge on any atom is -0.393 e. The fourth-order valence-electron chi connectivity index (χ4n) is 4.27. The van der Waals surface area contributed by atoms with E-state index in [2.05, 4.69) is 44.7 Å².